The third-order valence-corrected chi connectivity index (χ3v) is 5.12. The van der Waals surface area contributed by atoms with E-state index < -0.39 is 0 Å². The number of guanidine groups is 1. The van der Waals surface area contributed by atoms with E-state index in [0.29, 0.717) is 24.9 Å². The average Bonchev–Trinajstić information content (AvgIpc) is 2.75. The van der Waals surface area contributed by atoms with Crippen molar-refractivity contribution in [2.24, 2.45) is 4.99 Å². The minimum absolute atomic E-state index is 0. The number of benzene rings is 1. The second-order valence-electron chi connectivity index (χ2n) is 7.47. The minimum atomic E-state index is 0. The number of aromatic nitrogens is 1. The highest BCUT2D eigenvalue weighted by atomic mass is 127. The summed E-state index contributed by atoms with van der Waals surface area (Å²) in [6.07, 6.45) is 2.07. The number of hydrogen-bond donors (Lipinski definition) is 3. The van der Waals surface area contributed by atoms with Gasteiger partial charge in [-0.3, -0.25) is 0 Å². The first kappa shape index (κ1) is 25.0. The third kappa shape index (κ3) is 7.45. The number of anilines is 1. The van der Waals surface area contributed by atoms with Crippen molar-refractivity contribution in [2.45, 2.75) is 46.2 Å². The van der Waals surface area contributed by atoms with Crippen LogP contribution in [0.2, 0.25) is 0 Å². The van der Waals surface area contributed by atoms with Gasteiger partial charge in [-0.05, 0) is 63.4 Å². The Balaban J connectivity index is 0.00000341. The average molecular weight is 539 g/mol. The first-order valence-electron chi connectivity index (χ1n) is 10.8. The summed E-state index contributed by atoms with van der Waals surface area (Å²) in [5, 5.41) is 16.8. The fourth-order valence-electron chi connectivity index (χ4n) is 3.57. The number of aromatic hydroxyl groups is 1. The van der Waals surface area contributed by atoms with Gasteiger partial charge in [0.1, 0.15) is 5.82 Å². The molecular formula is C23H34IN5O2. The Morgan fingerprint density at radius 3 is 2.68 bits per heavy atom. The van der Waals surface area contributed by atoms with Crippen molar-refractivity contribution in [3.05, 3.63) is 47.7 Å². The molecule has 1 aromatic carbocycles. The number of aryl methyl sites for hydroxylation is 1. The minimum Gasteiger partial charge on any atom is -0.504 e. The highest BCUT2D eigenvalue weighted by molar-refractivity contribution is 14.0. The maximum atomic E-state index is 9.87. The van der Waals surface area contributed by atoms with Crippen LogP contribution >= 0.6 is 24.0 Å². The van der Waals surface area contributed by atoms with Gasteiger partial charge in [-0.15, -0.1) is 24.0 Å². The van der Waals surface area contributed by atoms with Crippen LogP contribution in [0.1, 0.15) is 37.9 Å². The molecule has 0 spiro atoms. The van der Waals surface area contributed by atoms with E-state index >= 15 is 0 Å². The summed E-state index contributed by atoms with van der Waals surface area (Å²) in [6, 6.07) is 11.9. The van der Waals surface area contributed by atoms with Gasteiger partial charge in [0.05, 0.1) is 13.2 Å². The van der Waals surface area contributed by atoms with Gasteiger partial charge < -0.3 is 25.4 Å². The predicted molar refractivity (Wildman–Crippen MR) is 137 cm³/mol. The molecule has 31 heavy (non-hydrogen) atoms. The predicted octanol–water partition coefficient (Wildman–Crippen LogP) is 3.84. The lowest BCUT2D eigenvalue weighted by Gasteiger charge is -2.34. The molecule has 0 aliphatic carbocycles. The molecule has 0 unspecified atom stereocenters. The molecule has 1 aliphatic rings. The van der Waals surface area contributed by atoms with Gasteiger partial charge in [-0.1, -0.05) is 12.1 Å². The lowest BCUT2D eigenvalue weighted by molar-refractivity contribution is 0.318. The lowest BCUT2D eigenvalue weighted by Crippen LogP contribution is -2.48. The number of nitrogens with one attached hydrogen (secondary N) is 2. The van der Waals surface area contributed by atoms with Crippen LogP contribution in [-0.4, -0.2) is 48.3 Å². The normalized spacial score (nSPS) is 14.7. The summed E-state index contributed by atoms with van der Waals surface area (Å²) >= 11 is 0. The highest BCUT2D eigenvalue weighted by Crippen LogP contribution is 2.27. The molecule has 2 heterocycles. The van der Waals surface area contributed by atoms with Gasteiger partial charge in [-0.2, -0.15) is 0 Å². The number of halogens is 1. The number of piperidine rings is 1. The zero-order valence-electron chi connectivity index (χ0n) is 18.6. The number of ether oxygens (including phenoxy) is 1. The van der Waals surface area contributed by atoms with Crippen LogP contribution in [0.4, 0.5) is 5.82 Å². The van der Waals surface area contributed by atoms with Gasteiger partial charge in [0.25, 0.3) is 0 Å². The second kappa shape index (κ2) is 12.6. The Morgan fingerprint density at radius 2 is 2.00 bits per heavy atom. The molecule has 3 N–H and O–H groups in total. The SMILES string of the molecule is CCNC(=NCc1ccc(O)c(OCC)c1)NC1CCN(c2cccc(C)n2)CC1.I. The fraction of sp³-hybridized carbons (Fsp3) is 0.478. The first-order valence-corrected chi connectivity index (χ1v) is 10.8. The molecule has 8 heteroatoms. The first-order chi connectivity index (χ1) is 14.6. The van der Waals surface area contributed by atoms with Crippen molar-refractivity contribution in [2.75, 3.05) is 31.1 Å². The maximum Gasteiger partial charge on any atom is 0.191 e. The zero-order chi connectivity index (χ0) is 21.3. The zero-order valence-corrected chi connectivity index (χ0v) is 20.9. The van der Waals surface area contributed by atoms with E-state index in [1.165, 1.54) is 0 Å². The topological polar surface area (TPSA) is 82.0 Å². The third-order valence-electron chi connectivity index (χ3n) is 5.12. The van der Waals surface area contributed by atoms with Crippen molar-refractivity contribution in [1.29, 1.82) is 0 Å². The Labute approximate surface area is 202 Å². The summed E-state index contributed by atoms with van der Waals surface area (Å²) in [5.74, 6) is 2.53. The standard InChI is InChI=1S/C23H33N5O2.HI/c1-4-24-23(25-16-18-9-10-20(29)21(15-18)30-5-2)27-19-11-13-28(14-12-19)22-8-6-7-17(3)26-22;/h6-10,15,19,29H,4-5,11-14,16H2,1-3H3,(H2,24,25,27);1H. The van der Waals surface area contributed by atoms with E-state index in [0.717, 1.165) is 55.5 Å². The van der Waals surface area contributed by atoms with E-state index in [-0.39, 0.29) is 29.7 Å². The summed E-state index contributed by atoms with van der Waals surface area (Å²) in [7, 11) is 0. The smallest absolute Gasteiger partial charge is 0.191 e. The molecule has 0 saturated carbocycles. The number of hydrogen-bond acceptors (Lipinski definition) is 5. The maximum absolute atomic E-state index is 9.87. The molecule has 0 radical (unpaired) electrons. The Hall–Kier alpha value is -2.23. The van der Waals surface area contributed by atoms with Gasteiger partial charge in [0, 0.05) is 31.4 Å². The van der Waals surface area contributed by atoms with Crippen molar-refractivity contribution in [3.8, 4) is 11.5 Å². The molecule has 1 aliphatic heterocycles. The Kier molecular flexibility index (Phi) is 10.2. The van der Waals surface area contributed by atoms with E-state index in [4.69, 9.17) is 9.73 Å². The van der Waals surface area contributed by atoms with Crippen LogP contribution in [0, 0.1) is 6.92 Å². The van der Waals surface area contributed by atoms with E-state index in [1.54, 1.807) is 6.07 Å². The molecule has 0 amide bonds. The van der Waals surface area contributed by atoms with Crippen LogP contribution < -0.4 is 20.3 Å². The number of phenolic OH excluding ortho intramolecular Hbond substituents is 1. The van der Waals surface area contributed by atoms with Crippen LogP contribution in [0.25, 0.3) is 0 Å². The largest absolute Gasteiger partial charge is 0.504 e. The van der Waals surface area contributed by atoms with Crippen LogP contribution in [-0.2, 0) is 6.54 Å². The summed E-state index contributed by atoms with van der Waals surface area (Å²) in [4.78, 5) is 11.7. The molecule has 0 atom stereocenters. The number of phenols is 1. The number of aliphatic imine (C=N–C) groups is 1. The monoisotopic (exact) mass is 539 g/mol. The van der Waals surface area contributed by atoms with Crippen LogP contribution in [0.15, 0.2) is 41.4 Å². The molecular weight excluding hydrogens is 505 g/mol. The van der Waals surface area contributed by atoms with Crippen LogP contribution in [0.5, 0.6) is 11.5 Å². The van der Waals surface area contributed by atoms with Gasteiger partial charge in [0.15, 0.2) is 17.5 Å². The van der Waals surface area contributed by atoms with E-state index in [2.05, 4.69) is 39.6 Å². The quantitative estimate of drug-likeness (QED) is 0.282. The molecule has 1 aromatic heterocycles. The number of pyridine rings is 1. The summed E-state index contributed by atoms with van der Waals surface area (Å²) < 4.78 is 5.47. The van der Waals surface area contributed by atoms with Gasteiger partial charge in [0.2, 0.25) is 0 Å². The molecule has 170 valence electrons. The fourth-order valence-corrected chi connectivity index (χ4v) is 3.57. The molecule has 2 aromatic rings. The molecule has 0 bridgehead atoms. The van der Waals surface area contributed by atoms with Crippen molar-refractivity contribution in [1.82, 2.24) is 15.6 Å². The van der Waals surface area contributed by atoms with E-state index in [9.17, 15) is 5.11 Å². The second-order valence-corrected chi connectivity index (χ2v) is 7.47. The molecule has 1 saturated heterocycles. The van der Waals surface area contributed by atoms with Crippen molar-refractivity contribution < 1.29 is 9.84 Å². The number of rotatable bonds is 7. The Morgan fingerprint density at radius 1 is 1.23 bits per heavy atom. The molecule has 3 rings (SSSR count). The molecule has 7 nitrogen and oxygen atoms in total. The highest BCUT2D eigenvalue weighted by Gasteiger charge is 2.21. The summed E-state index contributed by atoms with van der Waals surface area (Å²) in [6.45, 7) is 9.78. The number of nitrogens with zero attached hydrogens (tertiary/aromatic N) is 3. The van der Waals surface area contributed by atoms with Crippen molar-refractivity contribution >= 4 is 35.8 Å². The van der Waals surface area contributed by atoms with Gasteiger partial charge >= 0.3 is 0 Å². The Bertz CT molecular complexity index is 854. The molecule has 1 fully saturated rings. The van der Waals surface area contributed by atoms with Crippen LogP contribution in [0.3, 0.4) is 0 Å². The van der Waals surface area contributed by atoms with Crippen molar-refractivity contribution in [3.63, 3.8) is 0 Å². The van der Waals surface area contributed by atoms with E-state index in [1.807, 2.05) is 32.0 Å². The lowest BCUT2D eigenvalue weighted by atomic mass is 10.1. The summed E-state index contributed by atoms with van der Waals surface area (Å²) in [5.41, 5.74) is 2.05. The van der Waals surface area contributed by atoms with Gasteiger partial charge in [-0.25, -0.2) is 9.98 Å².